The zero-order valence-electron chi connectivity index (χ0n) is 40.9. The van der Waals surface area contributed by atoms with E-state index in [1.54, 1.807) is 0 Å². The van der Waals surface area contributed by atoms with Crippen LogP contribution in [0.1, 0.15) is 239 Å². The maximum Gasteiger partial charge on any atom is 0.306 e. The van der Waals surface area contributed by atoms with Gasteiger partial charge in [0.05, 0.1) is 6.61 Å². The van der Waals surface area contributed by atoms with Crippen molar-refractivity contribution in [1.29, 1.82) is 0 Å². The molecular formula is C57H98O5. The van der Waals surface area contributed by atoms with Crippen LogP contribution in [0.25, 0.3) is 0 Å². The highest BCUT2D eigenvalue weighted by Crippen LogP contribution is 2.13. The Kier molecular flexibility index (Phi) is 50.0. The summed E-state index contributed by atoms with van der Waals surface area (Å²) >= 11 is 0. The van der Waals surface area contributed by atoms with Gasteiger partial charge in [0.2, 0.25) is 0 Å². The van der Waals surface area contributed by atoms with E-state index in [4.69, 9.17) is 14.2 Å². The Morgan fingerprint density at radius 1 is 0.371 bits per heavy atom. The van der Waals surface area contributed by atoms with Gasteiger partial charge in [-0.05, 0) is 109 Å². The van der Waals surface area contributed by atoms with E-state index in [1.165, 1.54) is 109 Å². The summed E-state index contributed by atoms with van der Waals surface area (Å²) in [6, 6.07) is 0. The maximum absolute atomic E-state index is 12.8. The predicted octanol–water partition coefficient (Wildman–Crippen LogP) is 17.7. The van der Waals surface area contributed by atoms with Crippen molar-refractivity contribution in [3.63, 3.8) is 0 Å². The van der Waals surface area contributed by atoms with Crippen molar-refractivity contribution in [2.24, 2.45) is 0 Å². The van der Waals surface area contributed by atoms with Gasteiger partial charge in [0, 0.05) is 19.4 Å². The third-order valence-corrected chi connectivity index (χ3v) is 10.9. The van der Waals surface area contributed by atoms with E-state index in [9.17, 15) is 9.59 Å². The van der Waals surface area contributed by atoms with Crippen LogP contribution in [0.3, 0.4) is 0 Å². The van der Waals surface area contributed by atoms with Gasteiger partial charge in [0.1, 0.15) is 6.61 Å². The maximum atomic E-state index is 12.8. The van der Waals surface area contributed by atoms with E-state index in [-0.39, 0.29) is 25.2 Å². The molecule has 0 aliphatic rings. The quantitative estimate of drug-likeness (QED) is 0.0346. The largest absolute Gasteiger partial charge is 0.462 e. The van der Waals surface area contributed by atoms with Crippen LogP contribution in [0.15, 0.2) is 85.1 Å². The third kappa shape index (κ3) is 49.7. The number of allylic oxidation sites excluding steroid dienone is 14. The predicted molar refractivity (Wildman–Crippen MR) is 270 cm³/mol. The van der Waals surface area contributed by atoms with Gasteiger partial charge < -0.3 is 14.2 Å². The van der Waals surface area contributed by atoms with Crippen LogP contribution in [0.5, 0.6) is 0 Å². The molecule has 1 atom stereocenters. The Morgan fingerprint density at radius 2 is 0.742 bits per heavy atom. The molecule has 62 heavy (non-hydrogen) atoms. The minimum absolute atomic E-state index is 0.0637. The summed E-state index contributed by atoms with van der Waals surface area (Å²) < 4.78 is 17.4. The van der Waals surface area contributed by atoms with Crippen LogP contribution in [0.4, 0.5) is 0 Å². The van der Waals surface area contributed by atoms with Crippen LogP contribution in [0, 0.1) is 0 Å². The van der Waals surface area contributed by atoms with Gasteiger partial charge in [-0.25, -0.2) is 0 Å². The Labute approximate surface area is 384 Å². The van der Waals surface area contributed by atoms with E-state index in [0.29, 0.717) is 19.4 Å². The minimum atomic E-state index is -0.557. The van der Waals surface area contributed by atoms with Crippen LogP contribution in [-0.4, -0.2) is 37.9 Å². The van der Waals surface area contributed by atoms with Crippen LogP contribution in [0.2, 0.25) is 0 Å². The minimum Gasteiger partial charge on any atom is -0.462 e. The number of carbonyl (C=O) groups is 2. The van der Waals surface area contributed by atoms with Gasteiger partial charge >= 0.3 is 11.9 Å². The molecule has 0 heterocycles. The molecule has 0 aromatic heterocycles. The molecule has 356 valence electrons. The number of esters is 2. The molecule has 5 heteroatoms. The molecule has 5 nitrogen and oxygen atoms in total. The van der Waals surface area contributed by atoms with Crippen molar-refractivity contribution in [3.05, 3.63) is 85.1 Å². The molecule has 0 aromatic rings. The van der Waals surface area contributed by atoms with Gasteiger partial charge in [-0.1, -0.05) is 202 Å². The van der Waals surface area contributed by atoms with E-state index in [2.05, 4.69) is 106 Å². The Hall–Kier alpha value is -2.92. The fraction of sp³-hybridized carbons (Fsp3) is 0.719. The highest BCUT2D eigenvalue weighted by atomic mass is 16.6. The molecule has 0 N–H and O–H groups in total. The highest BCUT2D eigenvalue weighted by molar-refractivity contribution is 5.70. The fourth-order valence-electron chi connectivity index (χ4n) is 6.98. The summed E-state index contributed by atoms with van der Waals surface area (Å²) in [5, 5.41) is 0. The molecule has 0 aliphatic carbocycles. The van der Waals surface area contributed by atoms with Crippen molar-refractivity contribution in [2.45, 2.75) is 245 Å². The Balaban J connectivity index is 4.32. The summed E-state index contributed by atoms with van der Waals surface area (Å²) in [6.45, 7) is 7.62. The molecule has 0 saturated carbocycles. The second-order valence-electron chi connectivity index (χ2n) is 17.0. The van der Waals surface area contributed by atoms with Crippen molar-refractivity contribution in [3.8, 4) is 0 Å². The SMILES string of the molecule is CC/C=C\C/C=C\C/C=C\C/C=C\CCCCCCC(=O)OCC(COCCCCCCCC/C=C\CCCC)OC(=O)CCCCCCCCC/C=C\C/C=C\CCCCC. The van der Waals surface area contributed by atoms with E-state index in [1.807, 2.05) is 0 Å². The zero-order chi connectivity index (χ0) is 44.9. The summed E-state index contributed by atoms with van der Waals surface area (Å²) in [5.41, 5.74) is 0. The number of unbranched alkanes of at least 4 members (excludes halogenated alkanes) is 22. The number of hydrogen-bond acceptors (Lipinski definition) is 5. The summed E-state index contributed by atoms with van der Waals surface area (Å²) in [6.07, 6.45) is 68.7. The Morgan fingerprint density at radius 3 is 1.23 bits per heavy atom. The second-order valence-corrected chi connectivity index (χ2v) is 17.0. The summed E-state index contributed by atoms with van der Waals surface area (Å²) in [5.74, 6) is -0.437. The van der Waals surface area contributed by atoms with E-state index < -0.39 is 6.10 Å². The number of ether oxygens (including phenoxy) is 3. The molecule has 0 bridgehead atoms. The van der Waals surface area contributed by atoms with Gasteiger partial charge in [0.25, 0.3) is 0 Å². The topological polar surface area (TPSA) is 61.8 Å². The third-order valence-electron chi connectivity index (χ3n) is 10.9. The summed E-state index contributed by atoms with van der Waals surface area (Å²) in [4.78, 5) is 25.4. The standard InChI is InChI=1S/C57H98O5/c1-4-7-10-13-16-19-22-25-27-29-31-33-35-38-41-44-47-50-56(58)61-54-55(53-60-52-49-46-43-40-37-24-21-18-15-12-9-6-3)62-57(59)51-48-45-42-39-36-34-32-30-28-26-23-20-17-14-11-8-5-2/h7,10,15-20,25-28,31,33,55H,4-6,8-9,11-14,21-24,29-30,32,34-54H2,1-3H3/b10-7-,18-15-,19-16-,20-17-,27-25-,28-26-,33-31-. The first kappa shape index (κ1) is 59.1. The van der Waals surface area contributed by atoms with Crippen molar-refractivity contribution < 1.29 is 23.8 Å². The first-order valence-electron chi connectivity index (χ1n) is 26.1. The van der Waals surface area contributed by atoms with Crippen molar-refractivity contribution >= 4 is 11.9 Å². The first-order valence-corrected chi connectivity index (χ1v) is 26.1. The van der Waals surface area contributed by atoms with E-state index >= 15 is 0 Å². The first-order chi connectivity index (χ1) is 30.6. The highest BCUT2D eigenvalue weighted by Gasteiger charge is 2.17. The lowest BCUT2D eigenvalue weighted by Crippen LogP contribution is -2.30. The monoisotopic (exact) mass is 863 g/mol. The molecule has 0 aliphatic heterocycles. The Bertz CT molecular complexity index is 1160. The average Bonchev–Trinajstić information content (AvgIpc) is 3.27. The van der Waals surface area contributed by atoms with Gasteiger partial charge in [-0.15, -0.1) is 0 Å². The van der Waals surface area contributed by atoms with Crippen LogP contribution in [-0.2, 0) is 23.8 Å². The molecular weight excluding hydrogens is 765 g/mol. The zero-order valence-corrected chi connectivity index (χ0v) is 40.9. The smallest absolute Gasteiger partial charge is 0.306 e. The lowest BCUT2D eigenvalue weighted by molar-refractivity contribution is -0.163. The van der Waals surface area contributed by atoms with Crippen molar-refractivity contribution in [1.82, 2.24) is 0 Å². The van der Waals surface area contributed by atoms with Gasteiger partial charge in [-0.2, -0.15) is 0 Å². The molecule has 1 unspecified atom stereocenters. The van der Waals surface area contributed by atoms with Gasteiger partial charge in [-0.3, -0.25) is 9.59 Å². The number of hydrogen-bond donors (Lipinski definition) is 0. The van der Waals surface area contributed by atoms with Crippen LogP contribution < -0.4 is 0 Å². The molecule has 0 rings (SSSR count). The lowest BCUT2D eigenvalue weighted by atomic mass is 10.1. The molecule has 0 radical (unpaired) electrons. The normalized spacial score (nSPS) is 12.9. The number of rotatable bonds is 47. The molecule has 0 saturated heterocycles. The fourth-order valence-corrected chi connectivity index (χ4v) is 6.98. The van der Waals surface area contributed by atoms with E-state index in [0.717, 1.165) is 96.3 Å². The van der Waals surface area contributed by atoms with Gasteiger partial charge in [0.15, 0.2) is 6.10 Å². The lowest BCUT2D eigenvalue weighted by Gasteiger charge is -2.18. The molecule has 0 fully saturated rings. The number of carbonyl (C=O) groups excluding carboxylic acids is 2. The summed E-state index contributed by atoms with van der Waals surface area (Å²) in [7, 11) is 0. The molecule has 0 spiro atoms. The molecule has 0 aromatic carbocycles. The van der Waals surface area contributed by atoms with Crippen molar-refractivity contribution in [2.75, 3.05) is 19.8 Å². The molecule has 0 amide bonds. The van der Waals surface area contributed by atoms with Crippen LogP contribution >= 0.6 is 0 Å². The average molecular weight is 863 g/mol. The second kappa shape index (κ2) is 52.4.